The number of nitrogens with one attached hydrogen (secondary N) is 1. The molecule has 0 atom stereocenters. The average molecular weight is 309 g/mol. The standard InChI is InChI=1S/C18H23N5/c1-14-4-3-5-18-17(14)10-15(20-18)12-22-6-8-23(9-7-22)16-11-19-21(2)13-16/h3-5,10-11,13,20H,6-9,12H2,1-2H3. The number of aryl methyl sites for hydroxylation is 2. The number of fused-ring (bicyclic) bond motifs is 1. The molecule has 1 N–H and O–H groups in total. The van der Waals surface area contributed by atoms with Crippen molar-refractivity contribution in [1.82, 2.24) is 19.7 Å². The van der Waals surface area contributed by atoms with E-state index in [1.54, 1.807) is 0 Å². The summed E-state index contributed by atoms with van der Waals surface area (Å²) in [6.45, 7) is 7.46. The second-order valence-corrected chi connectivity index (χ2v) is 6.47. The number of benzene rings is 1. The Labute approximate surface area is 136 Å². The van der Waals surface area contributed by atoms with Crippen LogP contribution in [0.2, 0.25) is 0 Å². The summed E-state index contributed by atoms with van der Waals surface area (Å²) in [5, 5.41) is 5.61. The summed E-state index contributed by atoms with van der Waals surface area (Å²) in [5.41, 5.74) is 5.12. The van der Waals surface area contributed by atoms with E-state index in [9.17, 15) is 0 Å². The molecule has 23 heavy (non-hydrogen) atoms. The molecule has 5 heteroatoms. The Balaban J connectivity index is 1.41. The van der Waals surface area contributed by atoms with E-state index in [1.807, 2.05) is 17.9 Å². The lowest BCUT2D eigenvalue weighted by molar-refractivity contribution is 0.247. The fourth-order valence-electron chi connectivity index (χ4n) is 3.43. The molecule has 0 saturated carbocycles. The van der Waals surface area contributed by atoms with E-state index in [1.165, 1.54) is 27.8 Å². The molecule has 1 aliphatic heterocycles. The van der Waals surface area contributed by atoms with Crippen molar-refractivity contribution < 1.29 is 0 Å². The van der Waals surface area contributed by atoms with Gasteiger partial charge in [-0.3, -0.25) is 9.58 Å². The fourth-order valence-corrected chi connectivity index (χ4v) is 3.43. The number of hydrogen-bond donors (Lipinski definition) is 1. The Morgan fingerprint density at radius 1 is 1.17 bits per heavy atom. The van der Waals surface area contributed by atoms with Crippen molar-refractivity contribution in [2.75, 3.05) is 31.1 Å². The molecule has 1 fully saturated rings. The molecule has 4 rings (SSSR count). The first-order chi connectivity index (χ1) is 11.2. The molecule has 0 radical (unpaired) electrons. The monoisotopic (exact) mass is 309 g/mol. The van der Waals surface area contributed by atoms with Gasteiger partial charge in [-0.1, -0.05) is 12.1 Å². The average Bonchev–Trinajstić information content (AvgIpc) is 3.15. The summed E-state index contributed by atoms with van der Waals surface area (Å²) in [7, 11) is 1.97. The Bertz CT molecular complexity index is 808. The van der Waals surface area contributed by atoms with Crippen molar-refractivity contribution in [2.24, 2.45) is 7.05 Å². The molecule has 5 nitrogen and oxygen atoms in total. The maximum absolute atomic E-state index is 4.27. The molecule has 3 aromatic rings. The molecule has 3 heterocycles. The number of piperazine rings is 1. The topological polar surface area (TPSA) is 40.1 Å². The van der Waals surface area contributed by atoms with E-state index in [0.717, 1.165) is 32.7 Å². The van der Waals surface area contributed by atoms with Crippen molar-refractivity contribution in [3.63, 3.8) is 0 Å². The van der Waals surface area contributed by atoms with Crippen molar-refractivity contribution in [1.29, 1.82) is 0 Å². The van der Waals surface area contributed by atoms with Crippen molar-refractivity contribution >= 4 is 16.6 Å². The highest BCUT2D eigenvalue weighted by atomic mass is 15.3. The van der Waals surface area contributed by atoms with Crippen LogP contribution in [-0.2, 0) is 13.6 Å². The summed E-state index contributed by atoms with van der Waals surface area (Å²) in [4.78, 5) is 8.50. The van der Waals surface area contributed by atoms with E-state index in [2.05, 4.69) is 57.3 Å². The number of rotatable bonds is 3. The highest BCUT2D eigenvalue weighted by Gasteiger charge is 2.18. The van der Waals surface area contributed by atoms with Crippen LogP contribution in [0, 0.1) is 6.92 Å². The number of H-pyrrole nitrogens is 1. The van der Waals surface area contributed by atoms with Gasteiger partial charge in [-0.05, 0) is 24.6 Å². The molecule has 1 aliphatic rings. The van der Waals surface area contributed by atoms with Gasteiger partial charge in [0.1, 0.15) is 0 Å². The third kappa shape index (κ3) is 2.84. The lowest BCUT2D eigenvalue weighted by Gasteiger charge is -2.35. The maximum Gasteiger partial charge on any atom is 0.0753 e. The first-order valence-corrected chi connectivity index (χ1v) is 8.22. The van der Waals surface area contributed by atoms with Gasteiger partial charge < -0.3 is 9.88 Å². The van der Waals surface area contributed by atoms with Crippen LogP contribution < -0.4 is 4.90 Å². The summed E-state index contributed by atoms with van der Waals surface area (Å²) < 4.78 is 1.87. The number of nitrogens with zero attached hydrogens (tertiary/aromatic N) is 4. The zero-order valence-corrected chi connectivity index (χ0v) is 13.8. The van der Waals surface area contributed by atoms with Gasteiger partial charge in [0.25, 0.3) is 0 Å². The summed E-state index contributed by atoms with van der Waals surface area (Å²) >= 11 is 0. The molecular weight excluding hydrogens is 286 g/mol. The van der Waals surface area contributed by atoms with Gasteiger partial charge in [-0.15, -0.1) is 0 Å². The van der Waals surface area contributed by atoms with Crippen LogP contribution >= 0.6 is 0 Å². The van der Waals surface area contributed by atoms with Gasteiger partial charge in [-0.25, -0.2) is 0 Å². The van der Waals surface area contributed by atoms with Crippen LogP contribution in [0.5, 0.6) is 0 Å². The number of aromatic nitrogens is 3. The highest BCUT2D eigenvalue weighted by molar-refractivity contribution is 5.83. The SMILES string of the molecule is Cc1cccc2[nH]c(CN3CCN(c4cnn(C)c4)CC3)cc12. The van der Waals surface area contributed by atoms with E-state index < -0.39 is 0 Å². The van der Waals surface area contributed by atoms with Gasteiger partial charge >= 0.3 is 0 Å². The van der Waals surface area contributed by atoms with E-state index in [4.69, 9.17) is 0 Å². The van der Waals surface area contributed by atoms with Gasteiger partial charge in [0.15, 0.2) is 0 Å². The predicted molar refractivity (Wildman–Crippen MR) is 93.7 cm³/mol. The minimum atomic E-state index is 0.995. The minimum absolute atomic E-state index is 0.995. The summed E-state index contributed by atoms with van der Waals surface area (Å²) in [6, 6.07) is 8.75. The van der Waals surface area contributed by atoms with E-state index in [0.29, 0.717) is 0 Å². The first-order valence-electron chi connectivity index (χ1n) is 8.22. The lowest BCUT2D eigenvalue weighted by Crippen LogP contribution is -2.45. The van der Waals surface area contributed by atoms with Crippen LogP contribution in [0.25, 0.3) is 10.9 Å². The second kappa shape index (κ2) is 5.74. The lowest BCUT2D eigenvalue weighted by atomic mass is 10.1. The molecule has 120 valence electrons. The Morgan fingerprint density at radius 2 is 2.00 bits per heavy atom. The predicted octanol–water partition coefficient (Wildman–Crippen LogP) is 2.53. The second-order valence-electron chi connectivity index (χ2n) is 6.47. The van der Waals surface area contributed by atoms with Crippen molar-refractivity contribution in [3.8, 4) is 0 Å². The summed E-state index contributed by atoms with van der Waals surface area (Å²) in [5.74, 6) is 0. The Kier molecular flexibility index (Phi) is 3.58. The number of aromatic amines is 1. The molecule has 0 amide bonds. The normalized spacial score (nSPS) is 16.3. The summed E-state index contributed by atoms with van der Waals surface area (Å²) in [6.07, 6.45) is 4.05. The molecule has 0 bridgehead atoms. The quantitative estimate of drug-likeness (QED) is 0.808. The molecule has 1 saturated heterocycles. The van der Waals surface area contributed by atoms with Crippen LogP contribution in [0.15, 0.2) is 36.7 Å². The molecule has 1 aromatic carbocycles. The molecular formula is C18H23N5. The van der Waals surface area contributed by atoms with Crippen LogP contribution in [0.3, 0.4) is 0 Å². The minimum Gasteiger partial charge on any atom is -0.366 e. The van der Waals surface area contributed by atoms with Crippen LogP contribution in [-0.4, -0.2) is 45.8 Å². The Hall–Kier alpha value is -2.27. The number of hydrogen-bond acceptors (Lipinski definition) is 3. The van der Waals surface area contributed by atoms with E-state index in [-0.39, 0.29) is 0 Å². The highest BCUT2D eigenvalue weighted by Crippen LogP contribution is 2.21. The zero-order chi connectivity index (χ0) is 15.8. The van der Waals surface area contributed by atoms with Gasteiger partial charge in [-0.2, -0.15) is 5.10 Å². The third-order valence-electron chi connectivity index (χ3n) is 4.76. The first kappa shape index (κ1) is 14.3. The van der Waals surface area contributed by atoms with Crippen LogP contribution in [0.1, 0.15) is 11.3 Å². The van der Waals surface area contributed by atoms with E-state index >= 15 is 0 Å². The van der Waals surface area contributed by atoms with Crippen molar-refractivity contribution in [2.45, 2.75) is 13.5 Å². The molecule has 0 aliphatic carbocycles. The molecule has 0 unspecified atom stereocenters. The third-order valence-corrected chi connectivity index (χ3v) is 4.76. The largest absolute Gasteiger partial charge is 0.366 e. The fraction of sp³-hybridized carbons (Fsp3) is 0.389. The van der Waals surface area contributed by atoms with Gasteiger partial charge in [0.05, 0.1) is 11.9 Å². The molecule has 0 spiro atoms. The number of anilines is 1. The maximum atomic E-state index is 4.27. The van der Waals surface area contributed by atoms with Gasteiger partial charge in [0.2, 0.25) is 0 Å². The Morgan fingerprint density at radius 3 is 2.70 bits per heavy atom. The zero-order valence-electron chi connectivity index (χ0n) is 13.8. The van der Waals surface area contributed by atoms with Crippen molar-refractivity contribution in [3.05, 3.63) is 47.9 Å². The molecule has 2 aromatic heterocycles. The smallest absolute Gasteiger partial charge is 0.0753 e. The van der Waals surface area contributed by atoms with Crippen LogP contribution in [0.4, 0.5) is 5.69 Å². The van der Waals surface area contributed by atoms with Gasteiger partial charge in [0, 0.05) is 62.6 Å².